The van der Waals surface area contributed by atoms with Crippen molar-refractivity contribution in [3.63, 3.8) is 0 Å². The Morgan fingerprint density at radius 2 is 2.09 bits per heavy atom. The van der Waals surface area contributed by atoms with E-state index in [0.29, 0.717) is 22.6 Å². The lowest BCUT2D eigenvalue weighted by Gasteiger charge is -2.07. The minimum atomic E-state index is -0.463. The van der Waals surface area contributed by atoms with Crippen LogP contribution in [0, 0.1) is 12.8 Å². The highest BCUT2D eigenvalue weighted by atomic mass is 32.1. The maximum atomic E-state index is 12.2. The molecule has 1 aromatic carbocycles. The molecule has 6 heteroatoms. The lowest BCUT2D eigenvalue weighted by molar-refractivity contribution is -0.137. The zero-order valence-electron chi connectivity index (χ0n) is 13.0. The van der Waals surface area contributed by atoms with Crippen LogP contribution in [0.4, 0.5) is 0 Å². The van der Waals surface area contributed by atoms with Crippen LogP contribution in [0.1, 0.15) is 18.9 Å². The quantitative estimate of drug-likeness (QED) is 0.415. The fourth-order valence-electron chi connectivity index (χ4n) is 2.05. The summed E-state index contributed by atoms with van der Waals surface area (Å²) in [6.07, 6.45) is 0. The Morgan fingerprint density at radius 3 is 2.74 bits per heavy atom. The minimum absolute atomic E-state index is 0.229. The van der Waals surface area contributed by atoms with Crippen LogP contribution >= 0.6 is 11.3 Å². The summed E-state index contributed by atoms with van der Waals surface area (Å²) in [6, 6.07) is 6.72. The molecule has 0 radical (unpaired) electrons. The number of aryl methyl sites for hydroxylation is 1. The topological polar surface area (TPSA) is 69.4 Å². The molecule has 0 aliphatic heterocycles. The average Bonchev–Trinajstić information content (AvgIpc) is 2.92. The van der Waals surface area contributed by atoms with Crippen LogP contribution in [0.15, 0.2) is 38.9 Å². The number of thiazole rings is 1. The summed E-state index contributed by atoms with van der Waals surface area (Å²) in [6.45, 7) is 5.39. The molecule has 0 unspecified atom stereocenters. The number of carbonyl (C=O) groups excluding carboxylic acids is 1. The summed E-state index contributed by atoms with van der Waals surface area (Å²) in [4.78, 5) is 28.1. The van der Waals surface area contributed by atoms with Crippen molar-refractivity contribution in [1.82, 2.24) is 4.98 Å². The van der Waals surface area contributed by atoms with Gasteiger partial charge in [0.15, 0.2) is 0 Å². The fraction of sp³-hybridized carbons (Fsp3) is 0.235. The SMILES string of the molecule is Cc1nc(-c2cc3ccc(OC(=O)C(C)C)cc3oc2=O)cs1. The molecule has 118 valence electrons. The third-order valence-electron chi connectivity index (χ3n) is 3.29. The smallest absolute Gasteiger partial charge is 0.345 e. The van der Waals surface area contributed by atoms with Gasteiger partial charge in [-0.05, 0) is 25.1 Å². The molecule has 0 aliphatic rings. The predicted octanol–water partition coefficient (Wildman–Crippen LogP) is 3.79. The van der Waals surface area contributed by atoms with E-state index in [-0.39, 0.29) is 11.9 Å². The Balaban J connectivity index is 2.02. The molecule has 0 spiro atoms. The van der Waals surface area contributed by atoms with E-state index >= 15 is 0 Å². The number of rotatable bonds is 3. The van der Waals surface area contributed by atoms with Crippen LogP contribution in [-0.2, 0) is 4.79 Å². The van der Waals surface area contributed by atoms with Gasteiger partial charge in [0.25, 0.3) is 0 Å². The number of carbonyl (C=O) groups is 1. The molecule has 0 amide bonds. The highest BCUT2D eigenvalue weighted by molar-refractivity contribution is 7.09. The Morgan fingerprint density at radius 1 is 1.30 bits per heavy atom. The summed E-state index contributed by atoms with van der Waals surface area (Å²) in [5.41, 5.74) is 0.946. The summed E-state index contributed by atoms with van der Waals surface area (Å²) >= 11 is 1.48. The van der Waals surface area contributed by atoms with Gasteiger partial charge in [-0.3, -0.25) is 4.79 Å². The monoisotopic (exact) mass is 329 g/mol. The van der Waals surface area contributed by atoms with E-state index in [1.54, 1.807) is 38.1 Å². The van der Waals surface area contributed by atoms with Gasteiger partial charge in [0.2, 0.25) is 0 Å². The Hall–Kier alpha value is -2.47. The molecule has 0 saturated carbocycles. The van der Waals surface area contributed by atoms with E-state index in [0.717, 1.165) is 10.4 Å². The first kappa shape index (κ1) is 15.4. The van der Waals surface area contributed by atoms with E-state index in [1.165, 1.54) is 11.3 Å². The highest BCUT2D eigenvalue weighted by Crippen LogP contribution is 2.25. The third-order valence-corrected chi connectivity index (χ3v) is 4.07. The Labute approximate surface area is 136 Å². The van der Waals surface area contributed by atoms with Gasteiger partial charge in [-0.15, -0.1) is 11.3 Å². The first-order valence-electron chi connectivity index (χ1n) is 7.16. The van der Waals surface area contributed by atoms with Gasteiger partial charge in [0.1, 0.15) is 11.3 Å². The fourth-order valence-corrected chi connectivity index (χ4v) is 2.67. The standard InChI is InChI=1S/C17H15NO4S/c1-9(2)16(19)21-12-5-4-11-6-13(14-8-23-10(3)18-14)17(20)22-15(11)7-12/h4-9H,1-3H3. The van der Waals surface area contributed by atoms with E-state index in [9.17, 15) is 9.59 Å². The highest BCUT2D eigenvalue weighted by Gasteiger charge is 2.13. The maximum absolute atomic E-state index is 12.2. The van der Waals surface area contributed by atoms with Crippen LogP contribution < -0.4 is 10.4 Å². The Kier molecular flexibility index (Phi) is 4.00. The predicted molar refractivity (Wildman–Crippen MR) is 88.8 cm³/mol. The van der Waals surface area contributed by atoms with Crippen molar-refractivity contribution in [2.75, 3.05) is 0 Å². The lowest BCUT2D eigenvalue weighted by atomic mass is 10.1. The van der Waals surface area contributed by atoms with Gasteiger partial charge in [-0.1, -0.05) is 13.8 Å². The first-order valence-corrected chi connectivity index (χ1v) is 8.04. The molecule has 0 bridgehead atoms. The van der Waals surface area contributed by atoms with Crippen LogP contribution in [0.5, 0.6) is 5.75 Å². The molecular formula is C17H15NO4S. The molecule has 3 rings (SSSR count). The molecule has 5 nitrogen and oxygen atoms in total. The molecule has 0 fully saturated rings. The van der Waals surface area contributed by atoms with Crippen molar-refractivity contribution >= 4 is 28.3 Å². The van der Waals surface area contributed by atoms with E-state index in [4.69, 9.17) is 9.15 Å². The molecule has 0 saturated heterocycles. The second-order valence-corrected chi connectivity index (χ2v) is 6.54. The van der Waals surface area contributed by atoms with Crippen molar-refractivity contribution in [3.05, 3.63) is 45.1 Å². The molecule has 0 aliphatic carbocycles. The van der Waals surface area contributed by atoms with Crippen LogP contribution in [0.25, 0.3) is 22.2 Å². The molecule has 0 atom stereocenters. The minimum Gasteiger partial charge on any atom is -0.426 e. The Bertz CT molecular complexity index is 939. The number of aromatic nitrogens is 1. The van der Waals surface area contributed by atoms with Crippen LogP contribution in [0.3, 0.4) is 0 Å². The van der Waals surface area contributed by atoms with E-state index in [1.807, 2.05) is 12.3 Å². The molecule has 23 heavy (non-hydrogen) atoms. The van der Waals surface area contributed by atoms with Gasteiger partial charge in [-0.25, -0.2) is 9.78 Å². The molecule has 2 heterocycles. The summed E-state index contributed by atoms with van der Waals surface area (Å²) < 4.78 is 10.6. The number of ether oxygens (including phenoxy) is 1. The van der Waals surface area contributed by atoms with Gasteiger partial charge in [-0.2, -0.15) is 0 Å². The zero-order valence-corrected chi connectivity index (χ0v) is 13.8. The summed E-state index contributed by atoms with van der Waals surface area (Å²) in [5, 5.41) is 3.46. The second kappa shape index (κ2) is 5.96. The maximum Gasteiger partial charge on any atom is 0.345 e. The summed E-state index contributed by atoms with van der Waals surface area (Å²) in [5.74, 6) is -0.203. The van der Waals surface area contributed by atoms with Gasteiger partial charge >= 0.3 is 11.6 Å². The number of nitrogens with zero attached hydrogens (tertiary/aromatic N) is 1. The van der Waals surface area contributed by atoms with Crippen molar-refractivity contribution in [3.8, 4) is 17.0 Å². The number of fused-ring (bicyclic) bond motifs is 1. The van der Waals surface area contributed by atoms with Gasteiger partial charge in [0.05, 0.1) is 22.2 Å². The van der Waals surface area contributed by atoms with E-state index in [2.05, 4.69) is 4.98 Å². The normalized spacial score (nSPS) is 11.1. The third kappa shape index (κ3) is 3.17. The largest absolute Gasteiger partial charge is 0.426 e. The average molecular weight is 329 g/mol. The van der Waals surface area contributed by atoms with Gasteiger partial charge < -0.3 is 9.15 Å². The van der Waals surface area contributed by atoms with Crippen LogP contribution in [-0.4, -0.2) is 11.0 Å². The van der Waals surface area contributed by atoms with E-state index < -0.39 is 5.63 Å². The molecule has 3 aromatic rings. The van der Waals surface area contributed by atoms with Crippen LogP contribution in [0.2, 0.25) is 0 Å². The van der Waals surface area contributed by atoms with Gasteiger partial charge in [0, 0.05) is 16.8 Å². The van der Waals surface area contributed by atoms with Crippen molar-refractivity contribution in [2.24, 2.45) is 5.92 Å². The molecular weight excluding hydrogens is 314 g/mol. The van der Waals surface area contributed by atoms with Crippen molar-refractivity contribution in [1.29, 1.82) is 0 Å². The van der Waals surface area contributed by atoms with Crippen molar-refractivity contribution < 1.29 is 13.9 Å². The number of esters is 1. The first-order chi connectivity index (χ1) is 10.9. The number of benzene rings is 1. The zero-order chi connectivity index (χ0) is 16.6. The number of hydrogen-bond donors (Lipinski definition) is 0. The molecule has 0 N–H and O–H groups in total. The molecule has 2 aromatic heterocycles. The number of hydrogen-bond acceptors (Lipinski definition) is 6. The second-order valence-electron chi connectivity index (χ2n) is 5.47. The summed E-state index contributed by atoms with van der Waals surface area (Å²) in [7, 11) is 0. The lowest BCUT2D eigenvalue weighted by Crippen LogP contribution is -2.14. The van der Waals surface area contributed by atoms with Crippen molar-refractivity contribution in [2.45, 2.75) is 20.8 Å².